The molecule has 0 saturated carbocycles. The Morgan fingerprint density at radius 2 is 1.87 bits per heavy atom. The minimum Gasteiger partial charge on any atom is -0.444 e. The van der Waals surface area contributed by atoms with Gasteiger partial charge >= 0.3 is 12.1 Å². The molecule has 0 aliphatic carbocycles. The van der Waals surface area contributed by atoms with E-state index < -0.39 is 59.5 Å². The summed E-state index contributed by atoms with van der Waals surface area (Å²) >= 11 is 0. The minimum atomic E-state index is -1.78. The molecule has 5 atom stereocenters. The van der Waals surface area contributed by atoms with E-state index in [-0.39, 0.29) is 48.2 Å². The molecular weight excluding hydrogens is 505 g/mol. The maximum atomic E-state index is 16.3. The average Bonchev–Trinajstić information content (AvgIpc) is 3.36. The molecule has 4 aliphatic rings. The fourth-order valence-electron chi connectivity index (χ4n) is 6.37. The van der Waals surface area contributed by atoms with Crippen LogP contribution in [0.1, 0.15) is 26.3 Å². The highest BCUT2D eigenvalue weighted by Gasteiger charge is 2.63. The van der Waals surface area contributed by atoms with Crippen molar-refractivity contribution >= 4 is 46.4 Å². The molecule has 1 aromatic heterocycles. The number of aromatic nitrogens is 1. The Balaban J connectivity index is 1.55. The average molecular weight is 531 g/mol. The molecule has 0 radical (unpaired) electrons. The molecule has 2 N–H and O–H groups in total. The summed E-state index contributed by atoms with van der Waals surface area (Å²) in [5.74, 6) is -2.29. The van der Waals surface area contributed by atoms with E-state index in [0.29, 0.717) is 5.56 Å². The molecule has 202 valence electrons. The lowest BCUT2D eigenvalue weighted by molar-refractivity contribution is -0.153. The van der Waals surface area contributed by atoms with Crippen molar-refractivity contribution in [2.75, 3.05) is 30.1 Å². The van der Waals surface area contributed by atoms with Crippen molar-refractivity contribution in [3.63, 3.8) is 0 Å². The van der Waals surface area contributed by atoms with Gasteiger partial charge in [0.05, 0.1) is 35.9 Å². The second-order valence-electron chi connectivity index (χ2n) is 10.2. The predicted octanol–water partition coefficient (Wildman–Crippen LogP) is 1.22. The number of rotatable bonds is 3. The van der Waals surface area contributed by atoms with Gasteiger partial charge in [-0.15, -0.1) is 0 Å². The number of halogens is 1. The Labute approximate surface area is 215 Å². The number of carbonyl (C=O) groups is 4. The van der Waals surface area contributed by atoms with Crippen LogP contribution in [0.25, 0.3) is 11.0 Å². The third kappa shape index (κ3) is 3.19. The molecule has 38 heavy (non-hydrogen) atoms. The molecular formula is C24H26FN5O8. The number of hydrogen-bond acceptors (Lipinski definition) is 10. The topological polar surface area (TPSA) is 153 Å². The van der Waals surface area contributed by atoms with Crippen LogP contribution in [0.5, 0.6) is 0 Å². The molecule has 3 saturated heterocycles. The van der Waals surface area contributed by atoms with Crippen LogP contribution in [0.4, 0.5) is 25.5 Å². The molecule has 1 spiro atoms. The number of nitrogens with zero attached hydrogens (tertiary/aromatic N) is 3. The van der Waals surface area contributed by atoms with E-state index in [2.05, 4.69) is 15.8 Å². The normalized spacial score (nSPS) is 30.3. The van der Waals surface area contributed by atoms with Crippen molar-refractivity contribution in [2.45, 2.75) is 57.6 Å². The first-order valence-corrected chi connectivity index (χ1v) is 12.3. The summed E-state index contributed by atoms with van der Waals surface area (Å²) in [4.78, 5) is 54.3. The Morgan fingerprint density at radius 3 is 2.55 bits per heavy atom. The Kier molecular flexibility index (Phi) is 5.40. The van der Waals surface area contributed by atoms with Crippen LogP contribution in [-0.4, -0.2) is 79.8 Å². The molecule has 14 heteroatoms. The van der Waals surface area contributed by atoms with E-state index in [1.807, 2.05) is 0 Å². The fraction of sp³-hybridized carbons (Fsp3) is 0.542. The van der Waals surface area contributed by atoms with Crippen LogP contribution in [0.15, 0.2) is 10.6 Å². The number of methoxy groups -OCH3 is 1. The number of amides is 5. The summed E-state index contributed by atoms with van der Waals surface area (Å²) in [5, 5.41) is 8.58. The lowest BCUT2D eigenvalue weighted by Crippen LogP contribution is -2.75. The van der Waals surface area contributed by atoms with Crippen LogP contribution in [0.3, 0.4) is 0 Å². The van der Waals surface area contributed by atoms with Crippen molar-refractivity contribution in [2.24, 2.45) is 5.41 Å². The number of imide groups is 2. The van der Waals surface area contributed by atoms with E-state index >= 15 is 4.39 Å². The number of hydrogen-bond donors (Lipinski definition) is 2. The summed E-state index contributed by atoms with van der Waals surface area (Å²) in [7, 11) is 1.48. The van der Waals surface area contributed by atoms with Crippen molar-refractivity contribution in [1.82, 2.24) is 15.8 Å². The molecule has 5 heterocycles. The van der Waals surface area contributed by atoms with E-state index in [0.717, 1.165) is 0 Å². The van der Waals surface area contributed by atoms with E-state index in [1.165, 1.54) is 12.0 Å². The molecule has 2 aromatic rings. The van der Waals surface area contributed by atoms with E-state index in [1.54, 1.807) is 31.7 Å². The second kappa shape index (κ2) is 8.36. The number of urea groups is 1. The summed E-state index contributed by atoms with van der Waals surface area (Å²) < 4.78 is 38.3. The molecule has 13 nitrogen and oxygen atoms in total. The van der Waals surface area contributed by atoms with Gasteiger partial charge in [-0.25, -0.2) is 18.9 Å². The quantitative estimate of drug-likeness (QED) is 0.553. The number of benzene rings is 1. The summed E-state index contributed by atoms with van der Waals surface area (Å²) in [5.41, 5.74) is -1.49. The first-order chi connectivity index (χ1) is 18.1. The second-order valence-corrected chi connectivity index (χ2v) is 10.2. The molecule has 6 rings (SSSR count). The zero-order valence-electron chi connectivity index (χ0n) is 21.1. The van der Waals surface area contributed by atoms with Gasteiger partial charge in [0.25, 0.3) is 0 Å². The van der Waals surface area contributed by atoms with Crippen molar-refractivity contribution in [3.8, 4) is 0 Å². The van der Waals surface area contributed by atoms with Crippen molar-refractivity contribution in [1.29, 1.82) is 0 Å². The fourth-order valence-corrected chi connectivity index (χ4v) is 6.37. The highest BCUT2D eigenvalue weighted by atomic mass is 19.1. The molecule has 1 unspecified atom stereocenters. The Morgan fingerprint density at radius 1 is 1.16 bits per heavy atom. The lowest BCUT2D eigenvalue weighted by Gasteiger charge is -2.55. The standard InChI is InChI=1S/C24H26FN5O8/c1-9-7-29-16-12(6-24(18(29)11(3)36-9)20(31)26-22(33)27-21(24)32)5-13-17(15(16)25)38-28-19(13)30-14(8-35-4)10(2)37-23(30)34/h5,9-11,14,18H,6-8H2,1-4H3,(H2,26,27,31,32,33)/t9-,10-,11+,14+,18?/m1/s1. The number of cyclic esters (lactones) is 1. The third-order valence-corrected chi connectivity index (χ3v) is 7.87. The van der Waals surface area contributed by atoms with Crippen LogP contribution < -0.4 is 20.4 Å². The summed E-state index contributed by atoms with van der Waals surface area (Å²) in [6, 6.07) is -0.805. The van der Waals surface area contributed by atoms with Gasteiger partial charge in [-0.1, -0.05) is 5.16 Å². The van der Waals surface area contributed by atoms with Gasteiger partial charge in [0.15, 0.2) is 17.1 Å². The number of barbiturate groups is 1. The van der Waals surface area contributed by atoms with E-state index in [9.17, 15) is 19.2 Å². The SMILES string of the molecule is COC[C@H]1[C@@H](C)OC(=O)N1c1noc2c(F)c3c(cc12)CC1(C(=O)NC(=O)NC1=O)C1[C@H](C)O[C@H](C)CN31. The zero-order chi connectivity index (χ0) is 27.1. The third-order valence-electron chi connectivity index (χ3n) is 7.87. The van der Waals surface area contributed by atoms with Crippen LogP contribution in [-0.2, 0) is 30.2 Å². The smallest absolute Gasteiger partial charge is 0.416 e. The Hall–Kier alpha value is -3.78. The predicted molar refractivity (Wildman–Crippen MR) is 127 cm³/mol. The monoisotopic (exact) mass is 531 g/mol. The van der Waals surface area contributed by atoms with Gasteiger partial charge < -0.3 is 23.6 Å². The van der Waals surface area contributed by atoms with Gasteiger partial charge in [-0.3, -0.25) is 20.2 Å². The van der Waals surface area contributed by atoms with Gasteiger partial charge in [-0.2, -0.15) is 0 Å². The maximum absolute atomic E-state index is 16.3. The number of morpholine rings is 1. The van der Waals surface area contributed by atoms with Crippen molar-refractivity contribution in [3.05, 3.63) is 17.4 Å². The molecule has 4 aliphatic heterocycles. The highest BCUT2D eigenvalue weighted by Crippen LogP contribution is 2.50. The zero-order valence-corrected chi connectivity index (χ0v) is 21.1. The number of fused-ring (bicyclic) bond motifs is 5. The maximum Gasteiger partial charge on any atom is 0.416 e. The number of ether oxygens (including phenoxy) is 3. The van der Waals surface area contributed by atoms with Gasteiger partial charge in [0.1, 0.15) is 12.1 Å². The molecule has 3 fully saturated rings. The number of anilines is 2. The highest BCUT2D eigenvalue weighted by molar-refractivity contribution is 6.20. The number of nitrogens with one attached hydrogen (secondary N) is 2. The van der Waals surface area contributed by atoms with Gasteiger partial charge in [0, 0.05) is 20.1 Å². The molecule has 0 bridgehead atoms. The largest absolute Gasteiger partial charge is 0.444 e. The summed E-state index contributed by atoms with van der Waals surface area (Å²) in [6.07, 6.45) is -2.45. The minimum absolute atomic E-state index is 0.0331. The van der Waals surface area contributed by atoms with Crippen molar-refractivity contribution < 1.29 is 42.3 Å². The first-order valence-electron chi connectivity index (χ1n) is 12.3. The first kappa shape index (κ1) is 24.6. The molecule has 1 aromatic carbocycles. The summed E-state index contributed by atoms with van der Waals surface area (Å²) in [6.45, 7) is 5.52. The van der Waals surface area contributed by atoms with Crippen LogP contribution in [0, 0.1) is 11.2 Å². The Bertz CT molecular complexity index is 1370. The van der Waals surface area contributed by atoms with Crippen LogP contribution >= 0.6 is 0 Å². The lowest BCUT2D eigenvalue weighted by atomic mass is 9.66. The van der Waals surface area contributed by atoms with Gasteiger partial charge in [0.2, 0.25) is 17.4 Å². The number of carbonyl (C=O) groups excluding carboxylic acids is 4. The van der Waals surface area contributed by atoms with Crippen LogP contribution in [0.2, 0.25) is 0 Å². The van der Waals surface area contributed by atoms with Gasteiger partial charge in [-0.05, 0) is 32.4 Å². The van der Waals surface area contributed by atoms with E-state index in [4.69, 9.17) is 18.7 Å². The molecule has 5 amide bonds.